The molecule has 1 amide bonds. The molecule has 0 saturated carbocycles. The minimum Gasteiger partial charge on any atom is -0.496 e. The number of amides is 1. The van der Waals surface area contributed by atoms with Crippen LogP contribution in [0.25, 0.3) is 11.4 Å². The molecule has 26 heavy (non-hydrogen) atoms. The minimum atomic E-state index is -0.0969. The van der Waals surface area contributed by atoms with Gasteiger partial charge in [0.05, 0.1) is 13.0 Å². The molecule has 0 aliphatic carbocycles. The Balaban J connectivity index is 1.49. The number of aromatic nitrogens is 3. The van der Waals surface area contributed by atoms with Crippen molar-refractivity contribution in [2.45, 2.75) is 18.9 Å². The first-order chi connectivity index (χ1) is 12.7. The largest absolute Gasteiger partial charge is 0.496 e. The van der Waals surface area contributed by atoms with Crippen molar-refractivity contribution >= 4 is 5.91 Å². The number of carbonyl (C=O) groups is 1. The van der Waals surface area contributed by atoms with Gasteiger partial charge in [-0.25, -0.2) is 0 Å². The Morgan fingerprint density at radius 2 is 2.04 bits per heavy atom. The van der Waals surface area contributed by atoms with Gasteiger partial charge in [0, 0.05) is 43.0 Å². The molecule has 132 valence electrons. The number of ether oxygens (including phenoxy) is 1. The van der Waals surface area contributed by atoms with Gasteiger partial charge in [0.15, 0.2) is 0 Å². The lowest BCUT2D eigenvalue weighted by atomic mass is 10.1. The number of carbonyl (C=O) groups excluding carboxylic acids is 1. The van der Waals surface area contributed by atoms with Crippen LogP contribution >= 0.6 is 0 Å². The molecule has 3 aromatic rings. The summed E-state index contributed by atoms with van der Waals surface area (Å²) < 4.78 is 10.8. The van der Waals surface area contributed by atoms with Crippen molar-refractivity contribution in [3.05, 3.63) is 60.2 Å². The predicted molar refractivity (Wildman–Crippen MR) is 93.3 cm³/mol. The molecular weight excluding hydrogens is 332 g/mol. The van der Waals surface area contributed by atoms with E-state index in [0.717, 1.165) is 16.9 Å². The molecule has 1 aliphatic rings. The zero-order valence-electron chi connectivity index (χ0n) is 14.3. The van der Waals surface area contributed by atoms with Crippen molar-refractivity contribution < 1.29 is 14.1 Å². The number of benzene rings is 1. The van der Waals surface area contributed by atoms with Crippen molar-refractivity contribution in [1.29, 1.82) is 0 Å². The third-order valence-electron chi connectivity index (χ3n) is 4.50. The van der Waals surface area contributed by atoms with Crippen LogP contribution in [0.5, 0.6) is 5.75 Å². The molecule has 1 aromatic carbocycles. The van der Waals surface area contributed by atoms with Crippen molar-refractivity contribution in [2.75, 3.05) is 13.7 Å². The molecule has 0 bridgehead atoms. The summed E-state index contributed by atoms with van der Waals surface area (Å²) in [6.07, 6.45) is 3.73. The number of pyridine rings is 1. The number of methoxy groups -OCH3 is 1. The van der Waals surface area contributed by atoms with E-state index >= 15 is 0 Å². The van der Waals surface area contributed by atoms with E-state index in [2.05, 4.69) is 15.1 Å². The smallest absolute Gasteiger partial charge is 0.232 e. The lowest BCUT2D eigenvalue weighted by Gasteiger charge is -2.17. The van der Waals surface area contributed by atoms with E-state index in [0.29, 0.717) is 31.2 Å². The fourth-order valence-electron chi connectivity index (χ4n) is 3.15. The highest BCUT2D eigenvalue weighted by Crippen LogP contribution is 2.30. The Kier molecular flexibility index (Phi) is 4.35. The predicted octanol–water partition coefficient (Wildman–Crippen LogP) is 2.66. The Hall–Kier alpha value is -3.22. The van der Waals surface area contributed by atoms with E-state index in [4.69, 9.17) is 9.26 Å². The van der Waals surface area contributed by atoms with Gasteiger partial charge in [-0.15, -0.1) is 0 Å². The molecule has 0 N–H and O–H groups in total. The monoisotopic (exact) mass is 350 g/mol. The van der Waals surface area contributed by atoms with Crippen LogP contribution in [0.1, 0.15) is 23.8 Å². The molecule has 3 heterocycles. The molecule has 1 aliphatic heterocycles. The normalized spacial score (nSPS) is 16.9. The summed E-state index contributed by atoms with van der Waals surface area (Å²) in [4.78, 5) is 22.7. The first-order valence-corrected chi connectivity index (χ1v) is 8.38. The highest BCUT2D eigenvalue weighted by atomic mass is 16.5. The first kappa shape index (κ1) is 16.3. The third kappa shape index (κ3) is 3.15. The Morgan fingerprint density at radius 1 is 1.23 bits per heavy atom. The summed E-state index contributed by atoms with van der Waals surface area (Å²) in [5.74, 6) is 1.76. The molecule has 1 unspecified atom stereocenters. The van der Waals surface area contributed by atoms with Gasteiger partial charge in [0.1, 0.15) is 5.75 Å². The maximum atomic E-state index is 12.4. The summed E-state index contributed by atoms with van der Waals surface area (Å²) in [5, 5.41) is 4.03. The number of para-hydroxylation sites is 1. The lowest BCUT2D eigenvalue weighted by Crippen LogP contribution is -2.24. The van der Waals surface area contributed by atoms with Crippen LogP contribution in [0.4, 0.5) is 0 Å². The highest BCUT2D eigenvalue weighted by Gasteiger charge is 2.34. The molecule has 0 radical (unpaired) electrons. The number of nitrogens with zero attached hydrogens (tertiary/aromatic N) is 4. The number of hydrogen-bond acceptors (Lipinski definition) is 6. The maximum Gasteiger partial charge on any atom is 0.232 e. The van der Waals surface area contributed by atoms with E-state index in [9.17, 15) is 4.79 Å². The number of hydrogen-bond donors (Lipinski definition) is 0. The van der Waals surface area contributed by atoms with E-state index in [1.807, 2.05) is 36.4 Å². The van der Waals surface area contributed by atoms with Crippen molar-refractivity contribution in [3.63, 3.8) is 0 Å². The van der Waals surface area contributed by atoms with E-state index < -0.39 is 0 Å². The van der Waals surface area contributed by atoms with Gasteiger partial charge in [0.25, 0.3) is 0 Å². The molecule has 7 heteroatoms. The van der Waals surface area contributed by atoms with Crippen LogP contribution in [-0.4, -0.2) is 39.6 Å². The van der Waals surface area contributed by atoms with Crippen LogP contribution < -0.4 is 4.74 Å². The van der Waals surface area contributed by atoms with Gasteiger partial charge in [-0.2, -0.15) is 4.98 Å². The summed E-state index contributed by atoms with van der Waals surface area (Å²) in [6.45, 7) is 1.06. The van der Waals surface area contributed by atoms with E-state index in [-0.39, 0.29) is 11.8 Å². The average molecular weight is 350 g/mol. The molecule has 2 aromatic heterocycles. The SMILES string of the molecule is COc1ccccc1CN1CC(c2nc(-c3ccncc3)no2)CC1=O. The Labute approximate surface area is 150 Å². The van der Waals surface area contributed by atoms with Gasteiger partial charge in [0.2, 0.25) is 17.6 Å². The summed E-state index contributed by atoms with van der Waals surface area (Å²) in [6, 6.07) is 11.4. The standard InChI is InChI=1S/C19H18N4O3/c1-25-16-5-3-2-4-14(16)11-23-12-15(10-17(23)24)19-21-18(22-26-19)13-6-8-20-9-7-13/h2-9,15H,10-12H2,1H3. The quantitative estimate of drug-likeness (QED) is 0.704. The third-order valence-corrected chi connectivity index (χ3v) is 4.50. The summed E-state index contributed by atoms with van der Waals surface area (Å²) >= 11 is 0. The summed E-state index contributed by atoms with van der Waals surface area (Å²) in [7, 11) is 1.63. The number of rotatable bonds is 5. The average Bonchev–Trinajstić information content (AvgIpc) is 3.30. The van der Waals surface area contributed by atoms with Crippen LogP contribution in [0.2, 0.25) is 0 Å². The molecular formula is C19H18N4O3. The molecule has 0 spiro atoms. The van der Waals surface area contributed by atoms with Crippen LogP contribution in [0, 0.1) is 0 Å². The van der Waals surface area contributed by atoms with E-state index in [1.54, 1.807) is 24.4 Å². The van der Waals surface area contributed by atoms with Gasteiger partial charge in [-0.1, -0.05) is 23.4 Å². The molecule has 1 atom stereocenters. The second kappa shape index (κ2) is 6.95. The second-order valence-corrected chi connectivity index (χ2v) is 6.18. The summed E-state index contributed by atoms with van der Waals surface area (Å²) in [5.41, 5.74) is 1.82. The van der Waals surface area contributed by atoms with Crippen molar-refractivity contribution in [1.82, 2.24) is 20.0 Å². The van der Waals surface area contributed by atoms with Crippen LogP contribution in [0.3, 0.4) is 0 Å². The van der Waals surface area contributed by atoms with E-state index in [1.165, 1.54) is 0 Å². The second-order valence-electron chi connectivity index (χ2n) is 6.18. The van der Waals surface area contributed by atoms with Crippen molar-refractivity contribution in [3.8, 4) is 17.1 Å². The van der Waals surface area contributed by atoms with Gasteiger partial charge in [-0.3, -0.25) is 9.78 Å². The van der Waals surface area contributed by atoms with Crippen LogP contribution in [-0.2, 0) is 11.3 Å². The Bertz CT molecular complexity index is 910. The lowest BCUT2D eigenvalue weighted by molar-refractivity contribution is -0.128. The topological polar surface area (TPSA) is 81.3 Å². The van der Waals surface area contributed by atoms with Crippen LogP contribution in [0.15, 0.2) is 53.3 Å². The molecule has 1 fully saturated rings. The molecule has 4 rings (SSSR count). The fraction of sp³-hybridized carbons (Fsp3) is 0.263. The first-order valence-electron chi connectivity index (χ1n) is 8.38. The maximum absolute atomic E-state index is 12.4. The van der Waals surface area contributed by atoms with Crippen molar-refractivity contribution in [2.24, 2.45) is 0 Å². The highest BCUT2D eigenvalue weighted by molar-refractivity contribution is 5.79. The number of likely N-dealkylation sites (tertiary alicyclic amines) is 1. The zero-order valence-corrected chi connectivity index (χ0v) is 14.3. The van der Waals surface area contributed by atoms with Gasteiger partial charge < -0.3 is 14.2 Å². The van der Waals surface area contributed by atoms with Gasteiger partial charge >= 0.3 is 0 Å². The zero-order chi connectivity index (χ0) is 17.9. The molecule has 7 nitrogen and oxygen atoms in total. The minimum absolute atomic E-state index is 0.0737. The van der Waals surface area contributed by atoms with Gasteiger partial charge in [-0.05, 0) is 18.2 Å². The fourth-order valence-corrected chi connectivity index (χ4v) is 3.15. The molecule has 1 saturated heterocycles. The Morgan fingerprint density at radius 3 is 2.85 bits per heavy atom.